The minimum absolute atomic E-state index is 0.325. The van der Waals surface area contributed by atoms with Crippen LogP contribution in [0.3, 0.4) is 0 Å². The molecule has 0 saturated carbocycles. The normalized spacial score (nSPS) is 15.1. The molecule has 3 heteroatoms. The quantitative estimate of drug-likeness (QED) is 0.632. The van der Waals surface area contributed by atoms with Gasteiger partial charge in [-0.15, -0.1) is 0 Å². The van der Waals surface area contributed by atoms with Crippen LogP contribution in [0.5, 0.6) is 5.88 Å². The van der Waals surface area contributed by atoms with Crippen molar-refractivity contribution in [2.45, 2.75) is 20.0 Å². The molecule has 0 unspecified atom stereocenters. The van der Waals surface area contributed by atoms with Crippen molar-refractivity contribution in [3.05, 3.63) is 23.4 Å². The van der Waals surface area contributed by atoms with Crippen LogP contribution in [0.2, 0.25) is 0 Å². The van der Waals surface area contributed by atoms with E-state index >= 15 is 0 Å². The Labute approximate surface area is 71.3 Å². The summed E-state index contributed by atoms with van der Waals surface area (Å²) in [6.07, 6.45) is 2.85. The minimum atomic E-state index is 0.325. The lowest BCUT2D eigenvalue weighted by atomic mass is 10.1. The molecule has 3 nitrogen and oxygen atoms in total. The van der Waals surface area contributed by atoms with E-state index in [2.05, 4.69) is 18.0 Å². The van der Waals surface area contributed by atoms with E-state index < -0.39 is 0 Å². The molecule has 2 heterocycles. The molecule has 0 N–H and O–H groups in total. The standard InChI is InChI=1S/C9H11NO2/c1-2-7-3-8-5-11-6-12-9(8)10-4-7/h3-4H,2,5-6H2,1H3. The third-order valence-corrected chi connectivity index (χ3v) is 1.93. The molecule has 64 valence electrons. The molecule has 0 radical (unpaired) electrons. The average Bonchev–Trinajstić information content (AvgIpc) is 2.17. The van der Waals surface area contributed by atoms with Gasteiger partial charge in [-0.2, -0.15) is 0 Å². The fraction of sp³-hybridized carbons (Fsp3) is 0.444. The van der Waals surface area contributed by atoms with Crippen molar-refractivity contribution in [1.29, 1.82) is 0 Å². The summed E-state index contributed by atoms with van der Waals surface area (Å²) in [5.41, 5.74) is 2.28. The Bertz CT molecular complexity index is 286. The number of fused-ring (bicyclic) bond motifs is 1. The first-order valence-corrected chi connectivity index (χ1v) is 4.08. The van der Waals surface area contributed by atoms with Crippen molar-refractivity contribution < 1.29 is 9.47 Å². The van der Waals surface area contributed by atoms with E-state index in [4.69, 9.17) is 9.47 Å². The second-order valence-electron chi connectivity index (χ2n) is 2.77. The highest BCUT2D eigenvalue weighted by Gasteiger charge is 2.11. The molecule has 0 atom stereocenters. The van der Waals surface area contributed by atoms with Crippen molar-refractivity contribution in [1.82, 2.24) is 4.98 Å². The highest BCUT2D eigenvalue weighted by atomic mass is 16.7. The Hall–Kier alpha value is -1.09. The van der Waals surface area contributed by atoms with E-state index in [9.17, 15) is 0 Å². The molecule has 0 amide bonds. The van der Waals surface area contributed by atoms with Crippen molar-refractivity contribution in [3.8, 4) is 5.88 Å². The molecular formula is C9H11NO2. The van der Waals surface area contributed by atoms with Crippen molar-refractivity contribution in [2.75, 3.05) is 6.79 Å². The number of rotatable bonds is 1. The van der Waals surface area contributed by atoms with Gasteiger partial charge in [-0.25, -0.2) is 4.98 Å². The molecule has 1 aliphatic rings. The molecule has 12 heavy (non-hydrogen) atoms. The van der Waals surface area contributed by atoms with E-state index in [1.807, 2.05) is 6.20 Å². The Balaban J connectivity index is 2.36. The Kier molecular flexibility index (Phi) is 1.96. The van der Waals surface area contributed by atoms with Crippen LogP contribution in [0, 0.1) is 0 Å². The molecule has 1 aliphatic heterocycles. The Morgan fingerprint density at radius 2 is 2.50 bits per heavy atom. The number of hydrogen-bond acceptors (Lipinski definition) is 3. The van der Waals surface area contributed by atoms with Gasteiger partial charge in [-0.1, -0.05) is 6.92 Å². The topological polar surface area (TPSA) is 31.4 Å². The number of nitrogens with zero attached hydrogens (tertiary/aromatic N) is 1. The molecule has 0 aromatic carbocycles. The van der Waals surface area contributed by atoms with Gasteiger partial charge in [0.25, 0.3) is 0 Å². The van der Waals surface area contributed by atoms with Gasteiger partial charge in [0, 0.05) is 11.8 Å². The summed E-state index contributed by atoms with van der Waals surface area (Å²) in [6, 6.07) is 2.08. The van der Waals surface area contributed by atoms with Crippen LogP contribution in [0.1, 0.15) is 18.1 Å². The SMILES string of the molecule is CCc1cnc2c(c1)COCO2. The largest absolute Gasteiger partial charge is 0.450 e. The number of hydrogen-bond donors (Lipinski definition) is 0. The number of ether oxygens (including phenoxy) is 2. The van der Waals surface area contributed by atoms with Gasteiger partial charge >= 0.3 is 0 Å². The van der Waals surface area contributed by atoms with Crippen molar-refractivity contribution >= 4 is 0 Å². The molecule has 1 aromatic rings. The lowest BCUT2D eigenvalue weighted by molar-refractivity contribution is -0.0197. The van der Waals surface area contributed by atoms with E-state index in [0.29, 0.717) is 13.4 Å². The van der Waals surface area contributed by atoms with Crippen LogP contribution in [-0.4, -0.2) is 11.8 Å². The number of aromatic nitrogens is 1. The summed E-state index contributed by atoms with van der Waals surface area (Å²) >= 11 is 0. The highest BCUT2D eigenvalue weighted by Crippen LogP contribution is 2.21. The molecule has 0 saturated heterocycles. The van der Waals surface area contributed by atoms with Crippen LogP contribution in [0.15, 0.2) is 12.3 Å². The molecule has 2 rings (SSSR count). The fourth-order valence-electron chi connectivity index (χ4n) is 1.22. The van der Waals surface area contributed by atoms with Gasteiger partial charge in [-0.3, -0.25) is 0 Å². The van der Waals surface area contributed by atoms with E-state index in [-0.39, 0.29) is 0 Å². The summed E-state index contributed by atoms with van der Waals surface area (Å²) in [6.45, 7) is 3.05. The van der Waals surface area contributed by atoms with Crippen LogP contribution in [-0.2, 0) is 17.8 Å². The summed E-state index contributed by atoms with van der Waals surface area (Å²) in [7, 11) is 0. The fourth-order valence-corrected chi connectivity index (χ4v) is 1.22. The van der Waals surface area contributed by atoms with Crippen LogP contribution in [0.25, 0.3) is 0 Å². The third-order valence-electron chi connectivity index (χ3n) is 1.93. The molecule has 1 aromatic heterocycles. The highest BCUT2D eigenvalue weighted by molar-refractivity contribution is 5.30. The zero-order valence-corrected chi connectivity index (χ0v) is 7.04. The monoisotopic (exact) mass is 165 g/mol. The van der Waals surface area contributed by atoms with Crippen LogP contribution < -0.4 is 4.74 Å². The zero-order chi connectivity index (χ0) is 8.39. The average molecular weight is 165 g/mol. The predicted octanol–water partition coefficient (Wildman–Crippen LogP) is 1.51. The summed E-state index contributed by atoms with van der Waals surface area (Å²) < 4.78 is 10.3. The molecule has 0 spiro atoms. The summed E-state index contributed by atoms with van der Waals surface area (Å²) in [4.78, 5) is 4.19. The van der Waals surface area contributed by atoms with Gasteiger partial charge < -0.3 is 9.47 Å². The van der Waals surface area contributed by atoms with Gasteiger partial charge in [0.1, 0.15) is 0 Å². The Morgan fingerprint density at radius 3 is 3.33 bits per heavy atom. The minimum Gasteiger partial charge on any atom is -0.450 e. The summed E-state index contributed by atoms with van der Waals surface area (Å²) in [5.74, 6) is 0.721. The number of aryl methyl sites for hydroxylation is 1. The first-order valence-electron chi connectivity index (χ1n) is 4.08. The maximum absolute atomic E-state index is 5.19. The maximum Gasteiger partial charge on any atom is 0.221 e. The van der Waals surface area contributed by atoms with Crippen LogP contribution >= 0.6 is 0 Å². The molecule has 0 aliphatic carbocycles. The molecular weight excluding hydrogens is 154 g/mol. The maximum atomic E-state index is 5.19. The second kappa shape index (κ2) is 3.11. The van der Waals surface area contributed by atoms with Crippen molar-refractivity contribution in [2.24, 2.45) is 0 Å². The third kappa shape index (κ3) is 1.28. The predicted molar refractivity (Wildman–Crippen MR) is 43.9 cm³/mol. The summed E-state index contributed by atoms with van der Waals surface area (Å²) in [5, 5.41) is 0. The van der Waals surface area contributed by atoms with E-state index in [1.165, 1.54) is 5.56 Å². The number of pyridine rings is 1. The Morgan fingerprint density at radius 1 is 1.58 bits per heavy atom. The molecule has 0 bridgehead atoms. The first-order chi connectivity index (χ1) is 5.90. The van der Waals surface area contributed by atoms with Gasteiger partial charge in [0.2, 0.25) is 5.88 Å². The smallest absolute Gasteiger partial charge is 0.221 e. The van der Waals surface area contributed by atoms with E-state index in [0.717, 1.165) is 17.9 Å². The second-order valence-corrected chi connectivity index (χ2v) is 2.77. The van der Waals surface area contributed by atoms with Gasteiger partial charge in [-0.05, 0) is 18.1 Å². The van der Waals surface area contributed by atoms with E-state index in [1.54, 1.807) is 0 Å². The van der Waals surface area contributed by atoms with Gasteiger partial charge in [0.15, 0.2) is 6.79 Å². The lowest BCUT2D eigenvalue weighted by Gasteiger charge is -2.16. The lowest BCUT2D eigenvalue weighted by Crippen LogP contribution is -2.12. The zero-order valence-electron chi connectivity index (χ0n) is 7.04. The van der Waals surface area contributed by atoms with Gasteiger partial charge in [0.05, 0.1) is 6.61 Å². The van der Waals surface area contributed by atoms with Crippen molar-refractivity contribution in [3.63, 3.8) is 0 Å². The first kappa shape index (κ1) is 7.55. The van der Waals surface area contributed by atoms with Crippen LogP contribution in [0.4, 0.5) is 0 Å². The molecule has 0 fully saturated rings.